The zero-order chi connectivity index (χ0) is 15.2. The lowest BCUT2D eigenvalue weighted by Crippen LogP contribution is -1.99. The molecule has 22 heavy (non-hydrogen) atoms. The summed E-state index contributed by atoms with van der Waals surface area (Å²) in [6.07, 6.45) is 0. The van der Waals surface area contributed by atoms with Crippen LogP contribution in [-0.2, 0) is 13.2 Å². The van der Waals surface area contributed by atoms with Gasteiger partial charge in [0.05, 0.1) is 12.3 Å². The van der Waals surface area contributed by atoms with E-state index in [1.54, 1.807) is 6.07 Å². The largest absolute Gasteiger partial charge is 0.473 e. The molecule has 2 aromatic carbocycles. The van der Waals surface area contributed by atoms with Crippen LogP contribution in [0.25, 0.3) is 11.3 Å². The van der Waals surface area contributed by atoms with E-state index in [4.69, 9.17) is 4.74 Å². The SMILES string of the molecule is OCc1cc(OCc2ccccc2)nc(-c2ccccc2)c1. The molecule has 0 saturated heterocycles. The van der Waals surface area contributed by atoms with Crippen molar-refractivity contribution in [2.75, 3.05) is 0 Å². The maximum atomic E-state index is 9.44. The number of aliphatic hydroxyl groups excluding tert-OH is 1. The van der Waals surface area contributed by atoms with E-state index in [0.29, 0.717) is 12.5 Å². The summed E-state index contributed by atoms with van der Waals surface area (Å²) in [4.78, 5) is 4.53. The minimum Gasteiger partial charge on any atom is -0.473 e. The van der Waals surface area contributed by atoms with Crippen LogP contribution in [0, 0.1) is 0 Å². The van der Waals surface area contributed by atoms with E-state index in [2.05, 4.69) is 4.98 Å². The van der Waals surface area contributed by atoms with Crippen LogP contribution < -0.4 is 4.74 Å². The molecule has 0 aliphatic carbocycles. The monoisotopic (exact) mass is 291 g/mol. The highest BCUT2D eigenvalue weighted by Gasteiger charge is 2.06. The number of aliphatic hydroxyl groups is 1. The molecular weight excluding hydrogens is 274 g/mol. The Balaban J connectivity index is 1.85. The average molecular weight is 291 g/mol. The zero-order valence-electron chi connectivity index (χ0n) is 12.1. The molecule has 0 radical (unpaired) electrons. The quantitative estimate of drug-likeness (QED) is 0.777. The summed E-state index contributed by atoms with van der Waals surface area (Å²) < 4.78 is 5.77. The second-order valence-corrected chi connectivity index (χ2v) is 5.00. The van der Waals surface area contributed by atoms with E-state index in [1.165, 1.54) is 0 Å². The molecule has 0 bridgehead atoms. The van der Waals surface area contributed by atoms with Crippen LogP contribution in [0.5, 0.6) is 5.88 Å². The Kier molecular flexibility index (Phi) is 4.47. The highest BCUT2D eigenvalue weighted by atomic mass is 16.5. The van der Waals surface area contributed by atoms with Crippen molar-refractivity contribution in [1.82, 2.24) is 4.98 Å². The molecular formula is C19H17NO2. The van der Waals surface area contributed by atoms with Gasteiger partial charge in [-0.15, -0.1) is 0 Å². The van der Waals surface area contributed by atoms with E-state index in [1.807, 2.05) is 66.7 Å². The average Bonchev–Trinajstić information content (AvgIpc) is 2.61. The van der Waals surface area contributed by atoms with Crippen molar-refractivity contribution in [3.05, 3.63) is 83.9 Å². The fourth-order valence-electron chi connectivity index (χ4n) is 2.21. The molecule has 3 nitrogen and oxygen atoms in total. The molecule has 0 atom stereocenters. The maximum absolute atomic E-state index is 9.44. The van der Waals surface area contributed by atoms with Crippen molar-refractivity contribution >= 4 is 0 Å². The highest BCUT2D eigenvalue weighted by Crippen LogP contribution is 2.22. The predicted molar refractivity (Wildman–Crippen MR) is 86.4 cm³/mol. The molecule has 3 aromatic rings. The summed E-state index contributed by atoms with van der Waals surface area (Å²) in [7, 11) is 0. The smallest absolute Gasteiger partial charge is 0.214 e. The van der Waals surface area contributed by atoms with E-state index in [9.17, 15) is 5.11 Å². The van der Waals surface area contributed by atoms with Crippen LogP contribution in [0.3, 0.4) is 0 Å². The van der Waals surface area contributed by atoms with Crippen LogP contribution in [0.2, 0.25) is 0 Å². The van der Waals surface area contributed by atoms with Crippen molar-refractivity contribution in [2.24, 2.45) is 0 Å². The Labute approximate surface area is 129 Å². The van der Waals surface area contributed by atoms with Gasteiger partial charge in [0.1, 0.15) is 6.61 Å². The minimum atomic E-state index is -0.0376. The lowest BCUT2D eigenvalue weighted by Gasteiger charge is -2.09. The summed E-state index contributed by atoms with van der Waals surface area (Å²) in [5, 5.41) is 9.44. The van der Waals surface area contributed by atoms with E-state index < -0.39 is 0 Å². The molecule has 0 amide bonds. The van der Waals surface area contributed by atoms with Gasteiger partial charge in [-0.2, -0.15) is 0 Å². The Morgan fingerprint density at radius 2 is 1.50 bits per heavy atom. The minimum absolute atomic E-state index is 0.0376. The van der Waals surface area contributed by atoms with Crippen molar-refractivity contribution in [1.29, 1.82) is 0 Å². The van der Waals surface area contributed by atoms with E-state index in [-0.39, 0.29) is 6.61 Å². The topological polar surface area (TPSA) is 42.4 Å². The van der Waals surface area contributed by atoms with Crippen LogP contribution in [0.4, 0.5) is 0 Å². The van der Waals surface area contributed by atoms with Gasteiger partial charge < -0.3 is 9.84 Å². The van der Waals surface area contributed by atoms with Gasteiger partial charge in [-0.25, -0.2) is 4.98 Å². The summed E-state index contributed by atoms with van der Waals surface area (Å²) in [6, 6.07) is 23.5. The van der Waals surface area contributed by atoms with Crippen LogP contribution in [0.15, 0.2) is 72.8 Å². The number of hydrogen-bond acceptors (Lipinski definition) is 3. The lowest BCUT2D eigenvalue weighted by molar-refractivity contribution is 0.275. The first-order chi connectivity index (χ1) is 10.8. The van der Waals surface area contributed by atoms with Gasteiger partial charge in [0, 0.05) is 11.6 Å². The van der Waals surface area contributed by atoms with Crippen molar-refractivity contribution < 1.29 is 9.84 Å². The number of rotatable bonds is 5. The molecule has 110 valence electrons. The molecule has 0 fully saturated rings. The van der Waals surface area contributed by atoms with Gasteiger partial charge in [-0.1, -0.05) is 60.7 Å². The zero-order valence-corrected chi connectivity index (χ0v) is 12.1. The van der Waals surface area contributed by atoms with Crippen molar-refractivity contribution in [3.63, 3.8) is 0 Å². The van der Waals surface area contributed by atoms with Gasteiger partial charge in [-0.3, -0.25) is 0 Å². The molecule has 0 aliphatic heterocycles. The van der Waals surface area contributed by atoms with Crippen LogP contribution in [-0.4, -0.2) is 10.1 Å². The summed E-state index contributed by atoms with van der Waals surface area (Å²) >= 11 is 0. The highest BCUT2D eigenvalue weighted by molar-refractivity contribution is 5.60. The molecule has 1 N–H and O–H groups in total. The van der Waals surface area contributed by atoms with Gasteiger partial charge in [0.2, 0.25) is 5.88 Å². The first-order valence-corrected chi connectivity index (χ1v) is 7.19. The Hall–Kier alpha value is -2.65. The Morgan fingerprint density at radius 1 is 0.818 bits per heavy atom. The number of benzene rings is 2. The molecule has 0 unspecified atom stereocenters. The van der Waals surface area contributed by atoms with Gasteiger partial charge in [0.25, 0.3) is 0 Å². The molecule has 0 spiro atoms. The summed E-state index contributed by atoms with van der Waals surface area (Å²) in [5.41, 5.74) is 3.68. The maximum Gasteiger partial charge on any atom is 0.214 e. The summed E-state index contributed by atoms with van der Waals surface area (Å²) in [5.74, 6) is 0.522. The number of pyridine rings is 1. The standard InChI is InChI=1S/C19H17NO2/c21-13-16-11-18(17-9-5-2-6-10-17)20-19(12-16)22-14-15-7-3-1-4-8-15/h1-12,21H,13-14H2. The van der Waals surface area contributed by atoms with Crippen molar-refractivity contribution in [3.8, 4) is 17.1 Å². The molecule has 1 aromatic heterocycles. The van der Waals surface area contributed by atoms with E-state index >= 15 is 0 Å². The molecule has 1 heterocycles. The number of nitrogens with zero attached hydrogens (tertiary/aromatic N) is 1. The van der Waals surface area contributed by atoms with E-state index in [0.717, 1.165) is 22.4 Å². The van der Waals surface area contributed by atoms with Crippen molar-refractivity contribution in [2.45, 2.75) is 13.2 Å². The van der Waals surface area contributed by atoms with Crippen LogP contribution in [0.1, 0.15) is 11.1 Å². The number of aromatic nitrogens is 1. The normalized spacial score (nSPS) is 10.4. The van der Waals surface area contributed by atoms with Gasteiger partial charge >= 0.3 is 0 Å². The fraction of sp³-hybridized carbons (Fsp3) is 0.105. The second kappa shape index (κ2) is 6.87. The second-order valence-electron chi connectivity index (χ2n) is 5.00. The molecule has 3 heteroatoms. The third kappa shape index (κ3) is 3.51. The number of ether oxygens (including phenoxy) is 1. The Morgan fingerprint density at radius 3 is 2.18 bits per heavy atom. The third-order valence-corrected chi connectivity index (χ3v) is 3.34. The van der Waals surface area contributed by atoms with Crippen LogP contribution >= 0.6 is 0 Å². The predicted octanol–water partition coefficient (Wildman–Crippen LogP) is 3.82. The fourth-order valence-corrected chi connectivity index (χ4v) is 2.21. The first kappa shape index (κ1) is 14.3. The first-order valence-electron chi connectivity index (χ1n) is 7.19. The third-order valence-electron chi connectivity index (χ3n) is 3.34. The molecule has 0 saturated carbocycles. The number of hydrogen-bond donors (Lipinski definition) is 1. The lowest BCUT2D eigenvalue weighted by atomic mass is 10.1. The molecule has 3 rings (SSSR count). The van der Waals surface area contributed by atoms with Gasteiger partial charge in [-0.05, 0) is 17.2 Å². The van der Waals surface area contributed by atoms with Gasteiger partial charge in [0.15, 0.2) is 0 Å². The molecule has 0 aliphatic rings. The Bertz CT molecular complexity index is 727. The summed E-state index contributed by atoms with van der Waals surface area (Å²) in [6.45, 7) is 0.418.